The maximum Gasteiger partial charge on any atom is 0.0895 e. The first kappa shape index (κ1) is 13.0. The summed E-state index contributed by atoms with van der Waals surface area (Å²) in [5.41, 5.74) is 2.80. The van der Waals surface area contributed by atoms with E-state index in [0.717, 1.165) is 23.7 Å². The summed E-state index contributed by atoms with van der Waals surface area (Å²) in [6.45, 7) is 0.288. The highest BCUT2D eigenvalue weighted by molar-refractivity contribution is 9.10. The predicted octanol–water partition coefficient (Wildman–Crippen LogP) is 1.25. The smallest absolute Gasteiger partial charge is 0.0895 e. The van der Waals surface area contributed by atoms with Gasteiger partial charge in [-0.15, -0.1) is 0 Å². The summed E-state index contributed by atoms with van der Waals surface area (Å²) in [5, 5.41) is 21.4. The molecule has 1 aliphatic carbocycles. The number of nitrogens with one attached hydrogen (secondary N) is 1. The Morgan fingerprint density at radius 3 is 3.00 bits per heavy atom. The van der Waals surface area contributed by atoms with Gasteiger partial charge >= 0.3 is 0 Å². The van der Waals surface area contributed by atoms with Gasteiger partial charge in [0.15, 0.2) is 0 Å². The molecule has 0 fully saturated rings. The van der Waals surface area contributed by atoms with Crippen LogP contribution in [-0.2, 0) is 12.8 Å². The van der Waals surface area contributed by atoms with Crippen LogP contribution in [0.1, 0.15) is 17.5 Å². The molecule has 3 nitrogen and oxygen atoms in total. The Balaban J connectivity index is 1.92. The van der Waals surface area contributed by atoms with E-state index in [-0.39, 0.29) is 6.61 Å². The lowest BCUT2D eigenvalue weighted by atomic mass is 9.88. The molecule has 2 unspecified atom stereocenters. The molecule has 17 heavy (non-hydrogen) atoms. The maximum atomic E-state index is 9.30. The molecule has 0 saturated heterocycles. The lowest BCUT2D eigenvalue weighted by molar-refractivity contribution is 0.0913. The average molecular weight is 300 g/mol. The second-order valence-corrected chi connectivity index (χ2v) is 5.51. The van der Waals surface area contributed by atoms with Gasteiger partial charge in [-0.3, -0.25) is 0 Å². The SMILES string of the molecule is OCC(O)CNC1CCc2cc(Br)ccc2C1. The second kappa shape index (κ2) is 5.96. The molecule has 0 saturated carbocycles. The van der Waals surface area contributed by atoms with Crippen LogP contribution in [0.2, 0.25) is 0 Å². The molecule has 0 heterocycles. The van der Waals surface area contributed by atoms with Crippen molar-refractivity contribution in [2.75, 3.05) is 13.2 Å². The summed E-state index contributed by atoms with van der Waals surface area (Å²) in [4.78, 5) is 0. The normalized spacial score (nSPS) is 21.0. The Hall–Kier alpha value is -0.420. The van der Waals surface area contributed by atoms with E-state index in [1.807, 2.05) is 0 Å². The van der Waals surface area contributed by atoms with Crippen molar-refractivity contribution in [2.45, 2.75) is 31.4 Å². The van der Waals surface area contributed by atoms with Crippen molar-refractivity contribution in [3.05, 3.63) is 33.8 Å². The Labute approximate surface area is 110 Å². The number of aliphatic hydroxyl groups is 2. The van der Waals surface area contributed by atoms with E-state index in [2.05, 4.69) is 39.4 Å². The minimum atomic E-state index is -0.652. The highest BCUT2D eigenvalue weighted by Crippen LogP contribution is 2.24. The lowest BCUT2D eigenvalue weighted by Crippen LogP contribution is -2.40. The van der Waals surface area contributed by atoms with Gasteiger partial charge in [0.05, 0.1) is 12.7 Å². The zero-order chi connectivity index (χ0) is 12.3. The molecule has 0 aliphatic heterocycles. The number of benzene rings is 1. The zero-order valence-electron chi connectivity index (χ0n) is 9.69. The fourth-order valence-corrected chi connectivity index (χ4v) is 2.67. The molecule has 94 valence electrons. The number of rotatable bonds is 4. The topological polar surface area (TPSA) is 52.5 Å². The molecular formula is C13H18BrNO2. The number of hydrogen-bond acceptors (Lipinski definition) is 3. The van der Waals surface area contributed by atoms with E-state index < -0.39 is 6.10 Å². The molecule has 0 aromatic heterocycles. The molecule has 1 aromatic rings. The Bertz CT molecular complexity index is 384. The molecule has 3 N–H and O–H groups in total. The standard InChI is InChI=1S/C13H18BrNO2/c14-11-3-1-10-6-12(4-2-9(10)5-11)15-7-13(17)8-16/h1,3,5,12-13,15-17H,2,4,6-8H2. The minimum Gasteiger partial charge on any atom is -0.394 e. The van der Waals surface area contributed by atoms with E-state index in [4.69, 9.17) is 5.11 Å². The van der Waals surface area contributed by atoms with Crippen molar-refractivity contribution in [2.24, 2.45) is 0 Å². The van der Waals surface area contributed by atoms with E-state index >= 15 is 0 Å². The highest BCUT2D eigenvalue weighted by atomic mass is 79.9. The third kappa shape index (κ3) is 3.52. The van der Waals surface area contributed by atoms with Crippen LogP contribution in [0, 0.1) is 0 Å². The third-order valence-corrected chi connectivity index (χ3v) is 3.74. The number of aryl methyl sites for hydroxylation is 1. The van der Waals surface area contributed by atoms with Gasteiger partial charge in [0.2, 0.25) is 0 Å². The van der Waals surface area contributed by atoms with Crippen LogP contribution >= 0.6 is 15.9 Å². The van der Waals surface area contributed by atoms with Crippen LogP contribution in [0.4, 0.5) is 0 Å². The van der Waals surface area contributed by atoms with Crippen LogP contribution in [0.5, 0.6) is 0 Å². The Morgan fingerprint density at radius 1 is 1.41 bits per heavy atom. The molecule has 1 aliphatic rings. The summed E-state index contributed by atoms with van der Waals surface area (Å²) < 4.78 is 1.14. The molecular weight excluding hydrogens is 282 g/mol. The largest absolute Gasteiger partial charge is 0.394 e. The lowest BCUT2D eigenvalue weighted by Gasteiger charge is -2.26. The zero-order valence-corrected chi connectivity index (χ0v) is 11.3. The number of aliphatic hydroxyl groups excluding tert-OH is 2. The van der Waals surface area contributed by atoms with E-state index in [1.165, 1.54) is 11.1 Å². The van der Waals surface area contributed by atoms with Crippen molar-refractivity contribution in [3.8, 4) is 0 Å². The number of fused-ring (bicyclic) bond motifs is 1. The number of hydrogen-bond donors (Lipinski definition) is 3. The van der Waals surface area contributed by atoms with Crippen LogP contribution in [0.3, 0.4) is 0 Å². The predicted molar refractivity (Wildman–Crippen MR) is 71.1 cm³/mol. The fraction of sp³-hybridized carbons (Fsp3) is 0.538. The van der Waals surface area contributed by atoms with Gasteiger partial charge < -0.3 is 15.5 Å². The van der Waals surface area contributed by atoms with Gasteiger partial charge in [0.1, 0.15) is 0 Å². The van der Waals surface area contributed by atoms with Crippen molar-refractivity contribution < 1.29 is 10.2 Å². The van der Waals surface area contributed by atoms with Crippen molar-refractivity contribution in [3.63, 3.8) is 0 Å². The monoisotopic (exact) mass is 299 g/mol. The van der Waals surface area contributed by atoms with Gasteiger partial charge in [-0.25, -0.2) is 0 Å². The summed E-state index contributed by atoms with van der Waals surface area (Å²) >= 11 is 3.49. The third-order valence-electron chi connectivity index (χ3n) is 3.25. The highest BCUT2D eigenvalue weighted by Gasteiger charge is 2.18. The van der Waals surface area contributed by atoms with Crippen molar-refractivity contribution in [1.29, 1.82) is 0 Å². The second-order valence-electron chi connectivity index (χ2n) is 4.60. The van der Waals surface area contributed by atoms with Gasteiger partial charge in [-0.2, -0.15) is 0 Å². The first-order valence-corrected chi connectivity index (χ1v) is 6.78. The molecule has 0 bridgehead atoms. The molecule has 0 amide bonds. The van der Waals surface area contributed by atoms with Crippen LogP contribution in [-0.4, -0.2) is 35.5 Å². The molecule has 1 aromatic carbocycles. The van der Waals surface area contributed by atoms with E-state index in [9.17, 15) is 5.11 Å². The summed E-state index contributed by atoms with van der Waals surface area (Å²) in [6, 6.07) is 6.83. The quantitative estimate of drug-likeness (QED) is 0.784. The van der Waals surface area contributed by atoms with Crippen LogP contribution < -0.4 is 5.32 Å². The van der Waals surface area contributed by atoms with Crippen LogP contribution in [0.15, 0.2) is 22.7 Å². The van der Waals surface area contributed by atoms with Gasteiger partial charge in [-0.05, 0) is 42.5 Å². The molecule has 4 heteroatoms. The minimum absolute atomic E-state index is 0.177. The molecule has 0 spiro atoms. The van der Waals surface area contributed by atoms with Gasteiger partial charge in [0.25, 0.3) is 0 Å². The summed E-state index contributed by atoms with van der Waals surface area (Å²) in [7, 11) is 0. The average Bonchev–Trinajstić information content (AvgIpc) is 2.35. The molecule has 2 atom stereocenters. The molecule has 2 rings (SSSR count). The van der Waals surface area contributed by atoms with E-state index in [0.29, 0.717) is 12.6 Å². The Kier molecular flexibility index (Phi) is 4.56. The summed E-state index contributed by atoms with van der Waals surface area (Å²) in [6.07, 6.45) is 2.51. The van der Waals surface area contributed by atoms with Gasteiger partial charge in [-0.1, -0.05) is 22.0 Å². The Morgan fingerprint density at radius 2 is 2.24 bits per heavy atom. The fourth-order valence-electron chi connectivity index (χ4n) is 2.27. The van der Waals surface area contributed by atoms with E-state index in [1.54, 1.807) is 0 Å². The molecule has 0 radical (unpaired) electrons. The number of halogens is 1. The summed E-state index contributed by atoms with van der Waals surface area (Å²) in [5.74, 6) is 0. The van der Waals surface area contributed by atoms with Gasteiger partial charge in [0, 0.05) is 17.1 Å². The maximum absolute atomic E-state index is 9.30. The van der Waals surface area contributed by atoms with Crippen molar-refractivity contribution in [1.82, 2.24) is 5.32 Å². The van der Waals surface area contributed by atoms with Crippen LogP contribution in [0.25, 0.3) is 0 Å². The first-order valence-electron chi connectivity index (χ1n) is 5.98. The van der Waals surface area contributed by atoms with Crippen molar-refractivity contribution >= 4 is 15.9 Å². The first-order chi connectivity index (χ1) is 8.19.